The van der Waals surface area contributed by atoms with Crippen LogP contribution in [0.4, 0.5) is 0 Å². The lowest BCUT2D eigenvalue weighted by atomic mass is 9.60. The normalized spacial score (nSPS) is 23.6. The third-order valence-corrected chi connectivity index (χ3v) is 6.27. The maximum absolute atomic E-state index is 11.2. The molecule has 0 heterocycles. The van der Waals surface area contributed by atoms with Crippen molar-refractivity contribution >= 4 is 0 Å². The van der Waals surface area contributed by atoms with E-state index in [9.17, 15) is 5.11 Å². The topological polar surface area (TPSA) is 29.5 Å². The maximum atomic E-state index is 11.2. The molecule has 0 aromatic rings. The number of hydrogen-bond donors (Lipinski definition) is 1. The van der Waals surface area contributed by atoms with E-state index in [-0.39, 0.29) is 27.3 Å². The van der Waals surface area contributed by atoms with E-state index in [4.69, 9.17) is 4.74 Å². The van der Waals surface area contributed by atoms with Gasteiger partial charge in [-0.05, 0) is 35.5 Å². The standard InChI is InChI=1S/C21H42O2/c1-17(2,3)15-20(10,18(4,5)6)16(22)23-21(19(7,8)9)13-11-12-14-21/h16,22H,11-15H2,1-10H3. The zero-order valence-electron chi connectivity index (χ0n) is 17.5. The Morgan fingerprint density at radius 1 is 0.870 bits per heavy atom. The first-order valence-electron chi connectivity index (χ1n) is 9.40. The van der Waals surface area contributed by atoms with Crippen LogP contribution in [0, 0.1) is 21.7 Å². The summed E-state index contributed by atoms with van der Waals surface area (Å²) < 4.78 is 6.56. The van der Waals surface area contributed by atoms with Gasteiger partial charge in [0.2, 0.25) is 0 Å². The first-order valence-corrected chi connectivity index (χ1v) is 9.40. The first kappa shape index (κ1) is 21.0. The molecule has 0 spiro atoms. The van der Waals surface area contributed by atoms with Gasteiger partial charge in [-0.25, -0.2) is 0 Å². The van der Waals surface area contributed by atoms with E-state index in [0.717, 1.165) is 19.3 Å². The summed E-state index contributed by atoms with van der Waals surface area (Å²) in [6, 6.07) is 0. The Labute approximate surface area is 145 Å². The van der Waals surface area contributed by atoms with Crippen molar-refractivity contribution < 1.29 is 9.84 Å². The van der Waals surface area contributed by atoms with E-state index in [1.54, 1.807) is 0 Å². The predicted molar refractivity (Wildman–Crippen MR) is 99.4 cm³/mol. The fraction of sp³-hybridized carbons (Fsp3) is 1.00. The van der Waals surface area contributed by atoms with Crippen molar-refractivity contribution in [3.63, 3.8) is 0 Å². The summed E-state index contributed by atoms with van der Waals surface area (Å²) in [5.74, 6) is 0. The summed E-state index contributed by atoms with van der Waals surface area (Å²) in [6.07, 6.45) is 4.72. The minimum atomic E-state index is -0.737. The highest BCUT2D eigenvalue weighted by atomic mass is 16.6. The van der Waals surface area contributed by atoms with Crippen LogP contribution in [0.5, 0.6) is 0 Å². The molecule has 0 aromatic carbocycles. The quantitative estimate of drug-likeness (QED) is 0.626. The SMILES string of the molecule is CC(C)(C)CC(C)(C(O)OC1(C(C)(C)C)CCCC1)C(C)(C)C. The van der Waals surface area contributed by atoms with Gasteiger partial charge in [0, 0.05) is 5.41 Å². The van der Waals surface area contributed by atoms with E-state index < -0.39 is 6.29 Å². The molecule has 2 unspecified atom stereocenters. The average Bonchev–Trinajstić information content (AvgIpc) is 2.73. The molecule has 23 heavy (non-hydrogen) atoms. The molecule has 1 fully saturated rings. The molecule has 2 heteroatoms. The van der Waals surface area contributed by atoms with Gasteiger partial charge in [0.05, 0.1) is 5.60 Å². The largest absolute Gasteiger partial charge is 0.367 e. The van der Waals surface area contributed by atoms with Crippen molar-refractivity contribution in [2.75, 3.05) is 0 Å². The fourth-order valence-corrected chi connectivity index (χ4v) is 4.16. The molecule has 1 saturated carbocycles. The van der Waals surface area contributed by atoms with E-state index in [1.165, 1.54) is 12.8 Å². The van der Waals surface area contributed by atoms with Crippen LogP contribution in [-0.4, -0.2) is 17.0 Å². The fourth-order valence-electron chi connectivity index (χ4n) is 4.16. The summed E-state index contributed by atoms with van der Waals surface area (Å²) in [5, 5.41) is 11.2. The second-order valence-electron chi connectivity index (χ2n) is 11.3. The Morgan fingerprint density at radius 3 is 1.61 bits per heavy atom. The molecule has 0 amide bonds. The minimum absolute atomic E-state index is 0.0304. The van der Waals surface area contributed by atoms with Crippen LogP contribution in [0.15, 0.2) is 0 Å². The van der Waals surface area contributed by atoms with E-state index in [1.807, 2.05) is 0 Å². The van der Waals surface area contributed by atoms with Crippen molar-refractivity contribution in [3.05, 3.63) is 0 Å². The van der Waals surface area contributed by atoms with Gasteiger partial charge in [-0.1, -0.05) is 82.1 Å². The Hall–Kier alpha value is -0.0800. The van der Waals surface area contributed by atoms with Crippen molar-refractivity contribution in [3.8, 4) is 0 Å². The lowest BCUT2D eigenvalue weighted by Crippen LogP contribution is -2.53. The van der Waals surface area contributed by atoms with Crippen LogP contribution < -0.4 is 0 Å². The number of aliphatic hydroxyl groups excluding tert-OH is 1. The van der Waals surface area contributed by atoms with Gasteiger partial charge in [0.15, 0.2) is 6.29 Å². The Balaban J connectivity index is 3.13. The number of aliphatic hydroxyl groups is 1. The molecule has 0 aliphatic heterocycles. The van der Waals surface area contributed by atoms with Crippen LogP contribution in [-0.2, 0) is 4.74 Å². The molecule has 2 atom stereocenters. The van der Waals surface area contributed by atoms with Gasteiger partial charge in [0.25, 0.3) is 0 Å². The van der Waals surface area contributed by atoms with E-state index in [0.29, 0.717) is 0 Å². The van der Waals surface area contributed by atoms with Gasteiger partial charge in [-0.2, -0.15) is 0 Å². The molecule has 0 radical (unpaired) electrons. The predicted octanol–water partition coefficient (Wildman–Crippen LogP) is 6.17. The Bertz CT molecular complexity index is 386. The molecular weight excluding hydrogens is 284 g/mol. The second kappa shape index (κ2) is 6.33. The summed E-state index contributed by atoms with van der Waals surface area (Å²) >= 11 is 0. The van der Waals surface area contributed by atoms with Crippen LogP contribution in [0.3, 0.4) is 0 Å². The van der Waals surface area contributed by atoms with Crippen LogP contribution in [0.1, 0.15) is 101 Å². The molecule has 1 aliphatic rings. The molecule has 138 valence electrons. The van der Waals surface area contributed by atoms with Crippen LogP contribution >= 0.6 is 0 Å². The lowest BCUT2D eigenvalue weighted by molar-refractivity contribution is -0.282. The average molecular weight is 327 g/mol. The summed E-state index contributed by atoms with van der Waals surface area (Å²) in [7, 11) is 0. The van der Waals surface area contributed by atoms with E-state index in [2.05, 4.69) is 69.2 Å². The van der Waals surface area contributed by atoms with Crippen molar-refractivity contribution in [1.82, 2.24) is 0 Å². The minimum Gasteiger partial charge on any atom is -0.367 e. The molecule has 1 N–H and O–H groups in total. The summed E-state index contributed by atoms with van der Waals surface area (Å²) in [6.45, 7) is 22.4. The molecule has 1 rings (SSSR count). The number of hydrogen-bond acceptors (Lipinski definition) is 2. The third kappa shape index (κ3) is 4.51. The smallest absolute Gasteiger partial charge is 0.161 e. The number of rotatable bonds is 4. The molecule has 0 aromatic heterocycles. The third-order valence-electron chi connectivity index (χ3n) is 6.27. The van der Waals surface area contributed by atoms with Crippen molar-refractivity contribution in [1.29, 1.82) is 0 Å². The monoisotopic (exact) mass is 326 g/mol. The van der Waals surface area contributed by atoms with Gasteiger partial charge in [-0.3, -0.25) is 0 Å². The molecule has 2 nitrogen and oxygen atoms in total. The second-order valence-corrected chi connectivity index (χ2v) is 11.3. The Morgan fingerprint density at radius 2 is 1.30 bits per heavy atom. The summed E-state index contributed by atoms with van der Waals surface area (Å²) in [4.78, 5) is 0. The highest BCUT2D eigenvalue weighted by Crippen LogP contribution is 2.53. The zero-order valence-corrected chi connectivity index (χ0v) is 17.5. The van der Waals surface area contributed by atoms with Crippen LogP contribution in [0.25, 0.3) is 0 Å². The number of ether oxygens (including phenoxy) is 1. The maximum Gasteiger partial charge on any atom is 0.161 e. The zero-order chi connectivity index (χ0) is 18.3. The van der Waals surface area contributed by atoms with Gasteiger partial charge < -0.3 is 9.84 Å². The summed E-state index contributed by atoms with van der Waals surface area (Å²) in [5.41, 5.74) is -0.317. The van der Waals surface area contributed by atoms with Gasteiger partial charge in [0.1, 0.15) is 0 Å². The first-order chi connectivity index (χ1) is 10.0. The molecular formula is C21H42O2. The highest BCUT2D eigenvalue weighted by Gasteiger charge is 2.52. The molecule has 1 aliphatic carbocycles. The van der Waals surface area contributed by atoms with Crippen molar-refractivity contribution in [2.45, 2.75) is 113 Å². The van der Waals surface area contributed by atoms with E-state index >= 15 is 0 Å². The molecule has 0 bridgehead atoms. The lowest BCUT2D eigenvalue weighted by Gasteiger charge is -2.52. The van der Waals surface area contributed by atoms with Gasteiger partial charge >= 0.3 is 0 Å². The molecule has 0 saturated heterocycles. The highest BCUT2D eigenvalue weighted by molar-refractivity contribution is 4.99. The van der Waals surface area contributed by atoms with Crippen molar-refractivity contribution in [2.24, 2.45) is 21.7 Å². The van der Waals surface area contributed by atoms with Gasteiger partial charge in [-0.15, -0.1) is 0 Å². The Kier molecular flexibility index (Phi) is 5.77. The van der Waals surface area contributed by atoms with Crippen LogP contribution in [0.2, 0.25) is 0 Å².